The molecular weight excluding hydrogens is 314 g/mol. The number of nitrogen functional groups attached to an aromatic ring is 1. The number of nitrogens with one attached hydrogen (secondary N) is 2. The van der Waals surface area contributed by atoms with Gasteiger partial charge in [-0.25, -0.2) is 24.0 Å². The smallest absolute Gasteiger partial charge is 0.242 e. The van der Waals surface area contributed by atoms with E-state index in [9.17, 15) is 8.42 Å². The highest BCUT2D eigenvalue weighted by Gasteiger charge is 2.29. The van der Waals surface area contributed by atoms with Crippen molar-refractivity contribution >= 4 is 27.4 Å². The Morgan fingerprint density at radius 1 is 1.57 bits per heavy atom. The molecule has 0 bridgehead atoms. The van der Waals surface area contributed by atoms with Crippen LogP contribution in [0.15, 0.2) is 17.2 Å². The summed E-state index contributed by atoms with van der Waals surface area (Å²) in [4.78, 5) is 6.08. The number of rotatable bonds is 7. The van der Waals surface area contributed by atoms with Gasteiger partial charge in [0.2, 0.25) is 10.0 Å². The monoisotopic (exact) mass is 333 g/mol. The van der Waals surface area contributed by atoms with E-state index in [-0.39, 0.29) is 21.8 Å². The van der Waals surface area contributed by atoms with Crippen LogP contribution in [0.3, 0.4) is 0 Å². The molecule has 1 unspecified atom stereocenters. The molecule has 7 nitrogen and oxygen atoms in total. The summed E-state index contributed by atoms with van der Waals surface area (Å²) < 4.78 is 27.0. The number of hydrogen-bond acceptors (Lipinski definition) is 6. The lowest BCUT2D eigenvalue weighted by molar-refractivity contribution is 0.248. The minimum atomic E-state index is -3.63. The highest BCUT2D eigenvalue weighted by atomic mass is 35.5. The summed E-state index contributed by atoms with van der Waals surface area (Å²) in [6, 6.07) is 2.03. The van der Waals surface area contributed by atoms with Gasteiger partial charge in [-0.3, -0.25) is 4.90 Å². The first-order valence-electron chi connectivity index (χ1n) is 6.69. The van der Waals surface area contributed by atoms with Crippen LogP contribution in [0.5, 0.6) is 0 Å². The Bertz CT molecular complexity index is 606. The van der Waals surface area contributed by atoms with E-state index in [2.05, 4.69) is 20.0 Å². The third kappa shape index (κ3) is 4.04. The van der Waals surface area contributed by atoms with Gasteiger partial charge in [-0.1, -0.05) is 11.6 Å². The Kier molecular flexibility index (Phi) is 5.05. The molecule has 1 heterocycles. The van der Waals surface area contributed by atoms with Crippen molar-refractivity contribution in [3.05, 3.63) is 17.3 Å². The van der Waals surface area contributed by atoms with Gasteiger partial charge in [-0.05, 0) is 32.9 Å². The second kappa shape index (κ2) is 6.45. The first-order valence-corrected chi connectivity index (χ1v) is 8.55. The molecule has 0 saturated heterocycles. The van der Waals surface area contributed by atoms with Crippen LogP contribution in [0.2, 0.25) is 5.02 Å². The molecule has 1 saturated carbocycles. The van der Waals surface area contributed by atoms with Crippen LogP contribution in [-0.2, 0) is 10.0 Å². The minimum Gasteiger partial charge on any atom is -0.307 e. The molecule has 1 aromatic rings. The zero-order valence-corrected chi connectivity index (χ0v) is 13.6. The molecule has 0 aliphatic heterocycles. The molecule has 0 radical (unpaired) electrons. The third-order valence-electron chi connectivity index (χ3n) is 3.65. The largest absolute Gasteiger partial charge is 0.307 e. The number of hydrazine groups is 1. The fourth-order valence-corrected chi connectivity index (χ4v) is 3.35. The summed E-state index contributed by atoms with van der Waals surface area (Å²) in [6.45, 7) is 2.33. The van der Waals surface area contributed by atoms with Crippen molar-refractivity contribution in [1.29, 1.82) is 0 Å². The van der Waals surface area contributed by atoms with Crippen LogP contribution in [0.4, 0.5) is 5.82 Å². The number of nitrogens with two attached hydrogens (primary N) is 1. The number of nitrogens with zero attached hydrogens (tertiary/aromatic N) is 2. The van der Waals surface area contributed by atoms with Crippen molar-refractivity contribution in [2.75, 3.05) is 19.0 Å². The number of halogens is 1. The van der Waals surface area contributed by atoms with Gasteiger partial charge in [0.15, 0.2) is 5.82 Å². The van der Waals surface area contributed by atoms with Crippen LogP contribution >= 0.6 is 11.6 Å². The molecule has 1 aromatic heterocycles. The molecule has 118 valence electrons. The summed E-state index contributed by atoms with van der Waals surface area (Å²) in [6.07, 6.45) is 3.58. The van der Waals surface area contributed by atoms with Crippen molar-refractivity contribution in [3.8, 4) is 0 Å². The maximum absolute atomic E-state index is 12.2. The molecule has 2 rings (SSSR count). The van der Waals surface area contributed by atoms with Gasteiger partial charge in [0.05, 0.1) is 5.02 Å². The van der Waals surface area contributed by atoms with E-state index in [1.54, 1.807) is 0 Å². The minimum absolute atomic E-state index is 0.0211. The number of aromatic nitrogens is 1. The predicted octanol–water partition coefficient (Wildman–Crippen LogP) is 0.782. The van der Waals surface area contributed by atoms with E-state index in [1.165, 1.54) is 25.1 Å². The van der Waals surface area contributed by atoms with Crippen LogP contribution < -0.4 is 16.0 Å². The molecule has 0 amide bonds. The molecule has 4 N–H and O–H groups in total. The summed E-state index contributed by atoms with van der Waals surface area (Å²) in [7, 11) is -1.62. The van der Waals surface area contributed by atoms with Crippen molar-refractivity contribution in [2.24, 2.45) is 5.84 Å². The van der Waals surface area contributed by atoms with E-state index < -0.39 is 10.0 Å². The Morgan fingerprint density at radius 3 is 2.76 bits per heavy atom. The van der Waals surface area contributed by atoms with Crippen LogP contribution in [-0.4, -0.2) is 44.0 Å². The first-order chi connectivity index (χ1) is 9.85. The molecule has 1 atom stereocenters. The zero-order chi connectivity index (χ0) is 15.6. The maximum atomic E-state index is 12.2. The maximum Gasteiger partial charge on any atom is 0.242 e. The number of anilines is 1. The van der Waals surface area contributed by atoms with E-state index in [0.717, 1.165) is 0 Å². The van der Waals surface area contributed by atoms with Gasteiger partial charge in [0.1, 0.15) is 4.90 Å². The van der Waals surface area contributed by atoms with Crippen molar-refractivity contribution < 1.29 is 8.42 Å². The molecular formula is C12H20ClN5O2S. The van der Waals surface area contributed by atoms with Crippen LogP contribution in [0.25, 0.3) is 0 Å². The number of pyridine rings is 1. The molecule has 1 fully saturated rings. The van der Waals surface area contributed by atoms with E-state index in [4.69, 9.17) is 17.4 Å². The molecule has 21 heavy (non-hydrogen) atoms. The lowest BCUT2D eigenvalue weighted by Gasteiger charge is -2.24. The standard InChI is InChI=1S/C12H20ClN5O2S/c1-8(18(2)9-3-4-9)6-16-21(19,20)10-5-11(13)12(17-14)15-7-10/h5,7-9,16H,3-4,6,14H2,1-2H3,(H,15,17). The van der Waals surface area contributed by atoms with Crippen LogP contribution in [0.1, 0.15) is 19.8 Å². The average Bonchev–Trinajstić information content (AvgIpc) is 3.28. The van der Waals surface area contributed by atoms with Gasteiger partial charge >= 0.3 is 0 Å². The summed E-state index contributed by atoms with van der Waals surface area (Å²) >= 11 is 5.89. The Hall–Kier alpha value is -0.930. The van der Waals surface area contributed by atoms with Crippen molar-refractivity contribution in [1.82, 2.24) is 14.6 Å². The molecule has 0 spiro atoms. The third-order valence-corrected chi connectivity index (χ3v) is 5.33. The highest BCUT2D eigenvalue weighted by Crippen LogP contribution is 2.27. The summed E-state index contributed by atoms with van der Waals surface area (Å²) in [5.74, 6) is 5.44. The number of likely N-dealkylation sites (N-methyl/N-ethyl adjacent to an activating group) is 1. The Balaban J connectivity index is 2.02. The quantitative estimate of drug-likeness (QED) is 0.503. The van der Waals surface area contributed by atoms with E-state index in [0.29, 0.717) is 12.6 Å². The lowest BCUT2D eigenvalue weighted by atomic mass is 10.3. The molecule has 1 aliphatic carbocycles. The molecule has 1 aliphatic rings. The fraction of sp³-hybridized carbons (Fsp3) is 0.583. The predicted molar refractivity (Wildman–Crippen MR) is 82.5 cm³/mol. The Labute approximate surface area is 129 Å². The zero-order valence-electron chi connectivity index (χ0n) is 12.0. The normalized spacial score (nSPS) is 17.0. The topological polar surface area (TPSA) is 100 Å². The fourth-order valence-electron chi connectivity index (χ4n) is 1.97. The van der Waals surface area contributed by atoms with Gasteiger partial charge in [-0.2, -0.15) is 0 Å². The second-order valence-electron chi connectivity index (χ2n) is 5.24. The lowest BCUT2D eigenvalue weighted by Crippen LogP contribution is -2.41. The summed E-state index contributed by atoms with van der Waals surface area (Å²) in [5.41, 5.74) is 2.29. The number of sulfonamides is 1. The van der Waals surface area contributed by atoms with E-state index in [1.807, 2.05) is 14.0 Å². The number of hydrogen-bond donors (Lipinski definition) is 3. The van der Waals surface area contributed by atoms with Gasteiger partial charge in [-0.15, -0.1) is 0 Å². The van der Waals surface area contributed by atoms with Gasteiger partial charge in [0, 0.05) is 24.8 Å². The molecule has 9 heteroatoms. The van der Waals surface area contributed by atoms with Crippen molar-refractivity contribution in [2.45, 2.75) is 36.7 Å². The van der Waals surface area contributed by atoms with Crippen LogP contribution in [0, 0.1) is 0 Å². The first kappa shape index (κ1) is 16.4. The Morgan fingerprint density at radius 2 is 2.24 bits per heavy atom. The van der Waals surface area contributed by atoms with Crippen molar-refractivity contribution in [3.63, 3.8) is 0 Å². The van der Waals surface area contributed by atoms with Gasteiger partial charge < -0.3 is 5.43 Å². The second-order valence-corrected chi connectivity index (χ2v) is 7.42. The average molecular weight is 334 g/mol. The summed E-state index contributed by atoms with van der Waals surface area (Å²) in [5, 5.41) is 0.156. The highest BCUT2D eigenvalue weighted by molar-refractivity contribution is 7.89. The molecule has 0 aromatic carbocycles. The van der Waals surface area contributed by atoms with E-state index >= 15 is 0 Å². The SMILES string of the molecule is CC(CNS(=O)(=O)c1cnc(NN)c(Cl)c1)N(C)C1CC1. The van der Waals surface area contributed by atoms with Gasteiger partial charge in [0.25, 0.3) is 0 Å².